The number of aromatic nitrogens is 3. The van der Waals surface area contributed by atoms with E-state index in [-0.39, 0.29) is 11.6 Å². The second kappa shape index (κ2) is 5.75. The predicted octanol–water partition coefficient (Wildman–Crippen LogP) is 3.29. The number of aromatic amines is 1. The zero-order valence-electron chi connectivity index (χ0n) is 12.5. The first-order valence-electron chi connectivity index (χ1n) is 7.06. The fourth-order valence-corrected chi connectivity index (χ4v) is 2.37. The Morgan fingerprint density at radius 1 is 1.22 bits per heavy atom. The summed E-state index contributed by atoms with van der Waals surface area (Å²) in [6.45, 7) is 3.83. The molecule has 0 aliphatic heterocycles. The van der Waals surface area contributed by atoms with Gasteiger partial charge in [0, 0.05) is 12.2 Å². The molecule has 0 aliphatic carbocycles. The molecule has 1 aromatic carbocycles. The second-order valence-corrected chi connectivity index (χ2v) is 5.37. The van der Waals surface area contributed by atoms with Gasteiger partial charge in [-0.25, -0.2) is 18.7 Å². The summed E-state index contributed by atoms with van der Waals surface area (Å²) in [5.41, 5.74) is -0.0521. The van der Waals surface area contributed by atoms with Crippen LogP contribution >= 0.6 is 0 Å². The lowest BCUT2D eigenvalue weighted by Gasteiger charge is -2.10. The average Bonchev–Trinajstić information content (AvgIpc) is 2.91. The normalized spacial score (nSPS) is 11.2. The number of halogens is 2. The quantitative estimate of drug-likeness (QED) is 0.725. The molecule has 2 aromatic heterocycles. The summed E-state index contributed by atoms with van der Waals surface area (Å²) in [7, 11) is 0. The number of nitrogens with one attached hydrogen (secondary N) is 2. The van der Waals surface area contributed by atoms with Crippen molar-refractivity contribution in [3.63, 3.8) is 0 Å². The van der Waals surface area contributed by atoms with Crippen LogP contribution in [-0.2, 0) is 0 Å². The van der Waals surface area contributed by atoms with Gasteiger partial charge in [0.25, 0.3) is 0 Å². The summed E-state index contributed by atoms with van der Waals surface area (Å²) in [6, 6.07) is 3.38. The summed E-state index contributed by atoms with van der Waals surface area (Å²) in [5, 5.41) is 3.51. The van der Waals surface area contributed by atoms with Crippen molar-refractivity contribution in [2.45, 2.75) is 19.9 Å². The van der Waals surface area contributed by atoms with E-state index in [4.69, 9.17) is 0 Å². The molecular formula is C16H14F2N4O. The second-order valence-electron chi connectivity index (χ2n) is 5.37. The molecule has 0 amide bonds. The summed E-state index contributed by atoms with van der Waals surface area (Å²) in [4.78, 5) is 23.6. The zero-order valence-corrected chi connectivity index (χ0v) is 12.5. The number of ketones is 1. The Hall–Kier alpha value is -2.83. The van der Waals surface area contributed by atoms with E-state index >= 15 is 0 Å². The third kappa shape index (κ3) is 2.65. The molecule has 3 aromatic rings. The molecule has 2 N–H and O–H groups in total. The Kier molecular flexibility index (Phi) is 3.77. The first kappa shape index (κ1) is 15.1. The van der Waals surface area contributed by atoms with E-state index < -0.39 is 23.0 Å². The number of fused-ring (bicyclic) bond motifs is 1. The number of H-pyrrole nitrogens is 1. The highest BCUT2D eigenvalue weighted by atomic mass is 19.1. The van der Waals surface area contributed by atoms with Crippen molar-refractivity contribution in [2.75, 3.05) is 5.32 Å². The highest BCUT2D eigenvalue weighted by Gasteiger charge is 2.23. The summed E-state index contributed by atoms with van der Waals surface area (Å²) >= 11 is 0. The van der Waals surface area contributed by atoms with E-state index in [1.54, 1.807) is 0 Å². The van der Waals surface area contributed by atoms with Gasteiger partial charge >= 0.3 is 0 Å². The molecule has 0 fully saturated rings. The number of anilines is 1. The first-order chi connectivity index (χ1) is 11.0. The molecule has 0 bridgehead atoms. The highest BCUT2D eigenvalue weighted by Crippen LogP contribution is 2.27. The standard InChI is InChI=1S/C16H14F2N4O/c1-8(2)22-16-12-9(6-19-15(12)20-7-21-16)14(23)13-10(17)4-3-5-11(13)18/h3-8H,1-2H3,(H2,19,20,21,22). The molecule has 0 aliphatic rings. The Labute approximate surface area is 130 Å². The summed E-state index contributed by atoms with van der Waals surface area (Å²) in [6.07, 6.45) is 2.74. The number of carbonyl (C=O) groups excluding carboxylic acids is 1. The Bertz CT molecular complexity index is 869. The Balaban J connectivity index is 2.19. The lowest BCUT2D eigenvalue weighted by Crippen LogP contribution is -2.13. The monoisotopic (exact) mass is 316 g/mol. The van der Waals surface area contributed by atoms with Gasteiger partial charge in [-0.05, 0) is 26.0 Å². The highest BCUT2D eigenvalue weighted by molar-refractivity contribution is 6.18. The SMILES string of the molecule is CC(C)Nc1ncnc2[nH]cc(C(=O)c3c(F)cccc3F)c12. The van der Waals surface area contributed by atoms with Crippen molar-refractivity contribution < 1.29 is 13.6 Å². The van der Waals surface area contributed by atoms with Crippen LogP contribution in [-0.4, -0.2) is 26.8 Å². The average molecular weight is 316 g/mol. The lowest BCUT2D eigenvalue weighted by atomic mass is 10.0. The number of benzene rings is 1. The fraction of sp³-hybridized carbons (Fsp3) is 0.188. The molecule has 0 atom stereocenters. The van der Waals surface area contributed by atoms with Gasteiger partial charge in [0.2, 0.25) is 5.78 Å². The van der Waals surface area contributed by atoms with Crippen LogP contribution in [0.5, 0.6) is 0 Å². The molecule has 0 saturated heterocycles. The fourth-order valence-electron chi connectivity index (χ4n) is 2.37. The van der Waals surface area contributed by atoms with Gasteiger partial charge in [-0.2, -0.15) is 0 Å². The van der Waals surface area contributed by atoms with Crippen molar-refractivity contribution in [3.8, 4) is 0 Å². The van der Waals surface area contributed by atoms with Gasteiger partial charge in [-0.1, -0.05) is 6.07 Å². The van der Waals surface area contributed by atoms with Gasteiger partial charge in [-0.15, -0.1) is 0 Å². The maximum absolute atomic E-state index is 13.9. The predicted molar refractivity (Wildman–Crippen MR) is 82.4 cm³/mol. The van der Waals surface area contributed by atoms with Crippen LogP contribution in [0.1, 0.15) is 29.8 Å². The van der Waals surface area contributed by atoms with E-state index in [0.29, 0.717) is 16.9 Å². The maximum Gasteiger partial charge on any atom is 0.201 e. The number of hydrogen-bond acceptors (Lipinski definition) is 4. The van der Waals surface area contributed by atoms with Crippen LogP contribution in [0.25, 0.3) is 11.0 Å². The van der Waals surface area contributed by atoms with E-state index in [1.165, 1.54) is 18.6 Å². The summed E-state index contributed by atoms with van der Waals surface area (Å²) in [5.74, 6) is -2.13. The minimum Gasteiger partial charge on any atom is -0.367 e. The topological polar surface area (TPSA) is 70.7 Å². The van der Waals surface area contributed by atoms with Crippen LogP contribution in [0, 0.1) is 11.6 Å². The van der Waals surface area contributed by atoms with Crippen molar-refractivity contribution in [2.24, 2.45) is 0 Å². The number of carbonyl (C=O) groups is 1. The Morgan fingerprint density at radius 3 is 2.57 bits per heavy atom. The first-order valence-corrected chi connectivity index (χ1v) is 7.06. The van der Waals surface area contributed by atoms with Crippen LogP contribution in [0.2, 0.25) is 0 Å². The van der Waals surface area contributed by atoms with Crippen LogP contribution in [0.3, 0.4) is 0 Å². The van der Waals surface area contributed by atoms with Crippen LogP contribution < -0.4 is 5.32 Å². The molecular weight excluding hydrogens is 302 g/mol. The number of hydrogen-bond donors (Lipinski definition) is 2. The van der Waals surface area contributed by atoms with Gasteiger partial charge in [0.15, 0.2) is 0 Å². The number of rotatable bonds is 4. The van der Waals surface area contributed by atoms with Crippen LogP contribution in [0.4, 0.5) is 14.6 Å². The Morgan fingerprint density at radius 2 is 1.91 bits per heavy atom. The molecule has 0 saturated carbocycles. The molecule has 5 nitrogen and oxygen atoms in total. The van der Waals surface area contributed by atoms with Gasteiger partial charge < -0.3 is 10.3 Å². The maximum atomic E-state index is 13.9. The molecule has 7 heteroatoms. The largest absolute Gasteiger partial charge is 0.367 e. The molecule has 3 rings (SSSR count). The van der Waals surface area contributed by atoms with Crippen molar-refractivity contribution in [1.29, 1.82) is 0 Å². The molecule has 0 spiro atoms. The molecule has 118 valence electrons. The van der Waals surface area contributed by atoms with E-state index in [2.05, 4.69) is 20.3 Å². The van der Waals surface area contributed by atoms with Crippen molar-refractivity contribution in [1.82, 2.24) is 15.0 Å². The number of nitrogens with zero attached hydrogens (tertiary/aromatic N) is 2. The minimum atomic E-state index is -0.903. The third-order valence-electron chi connectivity index (χ3n) is 3.33. The summed E-state index contributed by atoms with van der Waals surface area (Å²) < 4.78 is 27.8. The van der Waals surface area contributed by atoms with E-state index in [1.807, 2.05) is 13.8 Å². The van der Waals surface area contributed by atoms with Gasteiger partial charge in [0.1, 0.15) is 29.4 Å². The van der Waals surface area contributed by atoms with E-state index in [9.17, 15) is 13.6 Å². The van der Waals surface area contributed by atoms with Crippen molar-refractivity contribution in [3.05, 3.63) is 53.5 Å². The minimum absolute atomic E-state index is 0.0659. The lowest BCUT2D eigenvalue weighted by molar-refractivity contribution is 0.103. The molecule has 2 heterocycles. The van der Waals surface area contributed by atoms with Gasteiger partial charge in [-0.3, -0.25) is 4.79 Å². The smallest absolute Gasteiger partial charge is 0.201 e. The molecule has 0 radical (unpaired) electrons. The van der Waals surface area contributed by atoms with Crippen LogP contribution in [0.15, 0.2) is 30.7 Å². The zero-order chi connectivity index (χ0) is 16.6. The van der Waals surface area contributed by atoms with Gasteiger partial charge in [0.05, 0.1) is 16.5 Å². The molecule has 0 unspecified atom stereocenters. The van der Waals surface area contributed by atoms with E-state index in [0.717, 1.165) is 12.1 Å². The third-order valence-corrected chi connectivity index (χ3v) is 3.33. The van der Waals surface area contributed by atoms with Crippen molar-refractivity contribution >= 4 is 22.6 Å². The molecule has 23 heavy (non-hydrogen) atoms.